The van der Waals surface area contributed by atoms with Gasteiger partial charge in [0.15, 0.2) is 0 Å². The Morgan fingerprint density at radius 3 is 1.75 bits per heavy atom. The molecule has 0 radical (unpaired) electrons. The molecule has 0 saturated heterocycles. The minimum atomic E-state index is -1.87. The van der Waals surface area contributed by atoms with E-state index in [4.69, 9.17) is 0 Å². The summed E-state index contributed by atoms with van der Waals surface area (Å²) >= 11 is 0. The highest BCUT2D eigenvalue weighted by molar-refractivity contribution is 7.22. The molecule has 0 N–H and O–H groups in total. The average Bonchev–Trinajstić information content (AvgIpc) is 1.85. The van der Waals surface area contributed by atoms with Crippen LogP contribution in [-0.4, -0.2) is 0 Å². The van der Waals surface area contributed by atoms with E-state index in [1.165, 1.54) is 0 Å². The summed E-state index contributed by atoms with van der Waals surface area (Å²) in [6, 6.07) is 0. The SMILES string of the molecule is Cc1o[p+](=O)oc1C. The predicted molar refractivity (Wildman–Crippen MR) is 28.1 cm³/mol. The highest BCUT2D eigenvalue weighted by Gasteiger charge is 2.12. The van der Waals surface area contributed by atoms with Crippen LogP contribution in [0.4, 0.5) is 0 Å². The van der Waals surface area contributed by atoms with Crippen molar-refractivity contribution in [2.24, 2.45) is 0 Å². The lowest BCUT2D eigenvalue weighted by Gasteiger charge is -1.67. The molecule has 1 rings (SSSR count). The van der Waals surface area contributed by atoms with Gasteiger partial charge in [-0.1, -0.05) is 0 Å². The van der Waals surface area contributed by atoms with Crippen molar-refractivity contribution >= 4 is 7.89 Å². The maximum atomic E-state index is 10.3. The molecule has 0 aliphatic rings. The Hall–Kier alpha value is -0.560. The van der Waals surface area contributed by atoms with Gasteiger partial charge in [-0.3, -0.25) is 0 Å². The monoisotopic (exact) mass is 133 g/mol. The number of hydrogen-bond acceptors (Lipinski definition) is 3. The van der Waals surface area contributed by atoms with Crippen LogP contribution in [-0.2, 0) is 4.57 Å². The molecule has 0 aromatic carbocycles. The molecule has 0 spiro atoms. The van der Waals surface area contributed by atoms with E-state index in [-0.39, 0.29) is 0 Å². The van der Waals surface area contributed by atoms with Crippen LogP contribution in [0.1, 0.15) is 11.5 Å². The molecule has 0 atom stereocenters. The van der Waals surface area contributed by atoms with Crippen molar-refractivity contribution in [2.75, 3.05) is 0 Å². The van der Waals surface area contributed by atoms with Gasteiger partial charge in [-0.2, -0.15) is 0 Å². The van der Waals surface area contributed by atoms with E-state index in [1.54, 1.807) is 13.8 Å². The molecule has 0 aliphatic carbocycles. The third-order valence-electron chi connectivity index (χ3n) is 0.919. The van der Waals surface area contributed by atoms with E-state index in [9.17, 15) is 4.57 Å². The van der Waals surface area contributed by atoms with Crippen LogP contribution in [0, 0.1) is 13.8 Å². The third-order valence-corrected chi connectivity index (χ3v) is 1.76. The van der Waals surface area contributed by atoms with E-state index in [1.807, 2.05) is 0 Å². The average molecular weight is 133 g/mol. The largest absolute Gasteiger partial charge is 0.805 e. The standard InChI is InChI=1S/C4H6O3P/c1-3-4(2)7-8(5)6-3/h1-2H3/q+1. The molecule has 0 bridgehead atoms. The van der Waals surface area contributed by atoms with E-state index < -0.39 is 7.89 Å². The fourth-order valence-electron chi connectivity index (χ4n) is 0.371. The lowest BCUT2D eigenvalue weighted by Crippen LogP contribution is -1.63. The van der Waals surface area contributed by atoms with Crippen molar-refractivity contribution in [3.8, 4) is 0 Å². The highest BCUT2D eigenvalue weighted by Crippen LogP contribution is 2.20. The molecule has 44 valence electrons. The summed E-state index contributed by atoms with van der Waals surface area (Å²) in [5.41, 5.74) is 0. The number of hydrogen-bond donors (Lipinski definition) is 0. The van der Waals surface area contributed by atoms with Crippen LogP contribution in [0.15, 0.2) is 8.39 Å². The van der Waals surface area contributed by atoms with Gasteiger partial charge in [-0.05, 0) is 0 Å². The van der Waals surface area contributed by atoms with E-state index in [0.29, 0.717) is 11.5 Å². The van der Waals surface area contributed by atoms with E-state index >= 15 is 0 Å². The van der Waals surface area contributed by atoms with Crippen LogP contribution in [0.5, 0.6) is 0 Å². The second kappa shape index (κ2) is 1.75. The first kappa shape index (κ1) is 5.57. The van der Waals surface area contributed by atoms with Gasteiger partial charge in [0.05, 0.1) is 0 Å². The Labute approximate surface area is 47.2 Å². The predicted octanol–water partition coefficient (Wildman–Crippen LogP) is 2.23. The highest BCUT2D eigenvalue weighted by atomic mass is 31.1. The first-order valence-electron chi connectivity index (χ1n) is 2.21. The zero-order valence-electron chi connectivity index (χ0n) is 4.67. The quantitative estimate of drug-likeness (QED) is 0.545. The van der Waals surface area contributed by atoms with Crippen LogP contribution in [0.25, 0.3) is 0 Å². The van der Waals surface area contributed by atoms with Gasteiger partial charge in [-0.25, -0.2) is 8.39 Å². The molecule has 3 nitrogen and oxygen atoms in total. The van der Waals surface area contributed by atoms with Gasteiger partial charge in [0.2, 0.25) is 11.5 Å². The van der Waals surface area contributed by atoms with Crippen LogP contribution >= 0.6 is 7.89 Å². The van der Waals surface area contributed by atoms with Crippen molar-refractivity contribution in [3.05, 3.63) is 11.5 Å². The normalized spacial score (nSPS) is 9.75. The summed E-state index contributed by atoms with van der Waals surface area (Å²) in [6.45, 7) is 3.44. The van der Waals surface area contributed by atoms with Gasteiger partial charge < -0.3 is 0 Å². The zero-order chi connectivity index (χ0) is 6.15. The van der Waals surface area contributed by atoms with Gasteiger partial charge in [0.25, 0.3) is 0 Å². The second-order valence-electron chi connectivity index (χ2n) is 1.52. The molecule has 0 saturated carbocycles. The number of aryl methyl sites for hydroxylation is 2. The fourth-order valence-corrected chi connectivity index (χ4v) is 1.11. The summed E-state index contributed by atoms with van der Waals surface area (Å²) in [5.74, 6) is 1.23. The smallest absolute Gasteiger partial charge is 0.223 e. The van der Waals surface area contributed by atoms with E-state index in [2.05, 4.69) is 8.39 Å². The molecule has 1 heterocycles. The molecule has 0 fully saturated rings. The van der Waals surface area contributed by atoms with Crippen molar-refractivity contribution in [3.63, 3.8) is 0 Å². The molecule has 1 aromatic heterocycles. The first-order valence-corrected chi connectivity index (χ1v) is 3.30. The Balaban J connectivity index is 3.35. The van der Waals surface area contributed by atoms with Gasteiger partial charge in [0.1, 0.15) is 0 Å². The Morgan fingerprint density at radius 1 is 1.25 bits per heavy atom. The maximum Gasteiger partial charge on any atom is 0.805 e. The minimum Gasteiger partial charge on any atom is -0.223 e. The van der Waals surface area contributed by atoms with Gasteiger partial charge in [0, 0.05) is 18.4 Å². The van der Waals surface area contributed by atoms with Crippen molar-refractivity contribution in [2.45, 2.75) is 13.8 Å². The molecular formula is C4H6O3P+. The fraction of sp³-hybridized carbons (Fsp3) is 0.500. The maximum absolute atomic E-state index is 10.3. The molecule has 0 unspecified atom stereocenters. The van der Waals surface area contributed by atoms with Gasteiger partial charge >= 0.3 is 7.89 Å². The summed E-state index contributed by atoms with van der Waals surface area (Å²) in [7, 11) is -1.87. The molecule has 0 aliphatic heterocycles. The molecule has 8 heavy (non-hydrogen) atoms. The topological polar surface area (TPSA) is 43.4 Å². The summed E-state index contributed by atoms with van der Waals surface area (Å²) in [5, 5.41) is 0. The summed E-state index contributed by atoms with van der Waals surface area (Å²) in [4.78, 5) is 0. The van der Waals surface area contributed by atoms with Crippen LogP contribution in [0.3, 0.4) is 0 Å². The van der Waals surface area contributed by atoms with Gasteiger partial charge in [-0.15, -0.1) is 0 Å². The summed E-state index contributed by atoms with van der Waals surface area (Å²) < 4.78 is 19.6. The zero-order valence-corrected chi connectivity index (χ0v) is 5.57. The van der Waals surface area contributed by atoms with Crippen molar-refractivity contribution in [1.82, 2.24) is 0 Å². The molecule has 1 aromatic rings. The first-order chi connectivity index (χ1) is 3.70. The molecule has 0 amide bonds. The third kappa shape index (κ3) is 0.819. The van der Waals surface area contributed by atoms with Crippen LogP contribution in [0.2, 0.25) is 0 Å². The lowest BCUT2D eigenvalue weighted by atomic mass is 10.4. The lowest BCUT2D eigenvalue weighted by molar-refractivity contribution is 0.510. The number of rotatable bonds is 0. The van der Waals surface area contributed by atoms with Crippen molar-refractivity contribution in [1.29, 1.82) is 0 Å². The van der Waals surface area contributed by atoms with Crippen LogP contribution < -0.4 is 0 Å². The second-order valence-corrected chi connectivity index (χ2v) is 2.33. The Bertz CT molecular complexity index is 211. The summed E-state index contributed by atoms with van der Waals surface area (Å²) in [6.07, 6.45) is 0. The molecular weight excluding hydrogens is 127 g/mol. The van der Waals surface area contributed by atoms with E-state index in [0.717, 1.165) is 0 Å². The Kier molecular flexibility index (Phi) is 1.22. The Morgan fingerprint density at radius 2 is 1.62 bits per heavy atom. The minimum absolute atomic E-state index is 0.617. The van der Waals surface area contributed by atoms with Crippen molar-refractivity contribution < 1.29 is 13.0 Å². The molecule has 4 heteroatoms.